The van der Waals surface area contributed by atoms with Crippen LogP contribution in [0, 0.1) is 6.92 Å². The Balaban J connectivity index is 1.69. The molecule has 1 saturated heterocycles. The van der Waals surface area contributed by atoms with Gasteiger partial charge in [0.05, 0.1) is 24.6 Å². The Morgan fingerprint density at radius 2 is 1.74 bits per heavy atom. The van der Waals surface area contributed by atoms with Gasteiger partial charge in [-0.05, 0) is 30.0 Å². The lowest BCUT2D eigenvalue weighted by molar-refractivity contribution is -0.147. The number of fused-ring (bicyclic) bond motifs is 2. The summed E-state index contributed by atoms with van der Waals surface area (Å²) in [5, 5.41) is 40.2. The van der Waals surface area contributed by atoms with E-state index in [0.29, 0.717) is 6.61 Å². The number of hydrogen-bond donors (Lipinski definition) is 4. The van der Waals surface area contributed by atoms with Crippen LogP contribution in [0.4, 0.5) is 0 Å². The SMILES string of the molecule is Cc1ccc(Cc2ccc3c(c2)[C@]2(OC3)S[C@H](CO)[C@@H](O)[C@H](O)[C@H]2O)cc1. The number of aliphatic hydroxyl groups excluding tert-OH is 4. The Labute approximate surface area is 162 Å². The molecule has 2 aliphatic heterocycles. The van der Waals surface area contributed by atoms with Gasteiger partial charge in [-0.15, -0.1) is 11.8 Å². The van der Waals surface area contributed by atoms with Crippen LogP contribution in [0.2, 0.25) is 0 Å². The Morgan fingerprint density at radius 1 is 1.04 bits per heavy atom. The smallest absolute Gasteiger partial charge is 0.168 e. The summed E-state index contributed by atoms with van der Waals surface area (Å²) in [7, 11) is 0. The molecule has 5 nitrogen and oxygen atoms in total. The normalized spacial score (nSPS) is 32.6. The Hall–Kier alpha value is -1.41. The maximum atomic E-state index is 10.7. The van der Waals surface area contributed by atoms with Crippen LogP contribution >= 0.6 is 11.8 Å². The van der Waals surface area contributed by atoms with Gasteiger partial charge in [0.25, 0.3) is 0 Å². The Bertz CT molecular complexity index is 822. The largest absolute Gasteiger partial charge is 0.395 e. The summed E-state index contributed by atoms with van der Waals surface area (Å²) in [6.45, 7) is 2.07. The number of rotatable bonds is 3. The third-order valence-corrected chi connectivity index (χ3v) is 7.13. The van der Waals surface area contributed by atoms with Crippen LogP contribution in [-0.2, 0) is 22.7 Å². The molecular weight excluding hydrogens is 364 g/mol. The summed E-state index contributed by atoms with van der Waals surface area (Å²) in [6.07, 6.45) is -3.12. The summed E-state index contributed by atoms with van der Waals surface area (Å²) < 4.78 is 5.97. The molecule has 27 heavy (non-hydrogen) atoms. The van der Waals surface area contributed by atoms with Crippen molar-refractivity contribution in [1.82, 2.24) is 0 Å². The molecule has 1 fully saturated rings. The first kappa shape index (κ1) is 18.9. The number of aryl methyl sites for hydroxylation is 1. The molecule has 4 N–H and O–H groups in total. The highest BCUT2D eigenvalue weighted by Gasteiger charge is 2.57. The predicted molar refractivity (Wildman–Crippen MR) is 103 cm³/mol. The second-order valence-electron chi connectivity index (χ2n) is 7.37. The number of hydrogen-bond acceptors (Lipinski definition) is 6. The molecule has 5 atom stereocenters. The van der Waals surface area contributed by atoms with Gasteiger partial charge < -0.3 is 25.2 Å². The summed E-state index contributed by atoms with van der Waals surface area (Å²) in [6, 6.07) is 14.4. The molecule has 0 aromatic heterocycles. The van der Waals surface area contributed by atoms with Gasteiger partial charge >= 0.3 is 0 Å². The number of benzene rings is 2. The molecule has 0 saturated carbocycles. The van der Waals surface area contributed by atoms with Crippen LogP contribution in [-0.4, -0.2) is 50.6 Å². The molecule has 0 unspecified atom stereocenters. The average molecular weight is 388 g/mol. The zero-order chi connectivity index (χ0) is 19.2. The maximum absolute atomic E-state index is 10.7. The molecule has 2 heterocycles. The Morgan fingerprint density at radius 3 is 2.44 bits per heavy atom. The van der Waals surface area contributed by atoms with E-state index >= 15 is 0 Å². The average Bonchev–Trinajstić information content (AvgIpc) is 3.04. The third kappa shape index (κ3) is 3.20. The number of thioether (sulfide) groups is 1. The van der Waals surface area contributed by atoms with Gasteiger partial charge in [0, 0.05) is 5.56 Å². The molecule has 0 radical (unpaired) electrons. The van der Waals surface area contributed by atoms with Crippen molar-refractivity contribution in [3.8, 4) is 0 Å². The van der Waals surface area contributed by atoms with E-state index in [1.165, 1.54) is 22.9 Å². The fourth-order valence-electron chi connectivity index (χ4n) is 3.87. The molecule has 2 aromatic carbocycles. The van der Waals surface area contributed by atoms with Gasteiger partial charge in [-0.2, -0.15) is 0 Å². The van der Waals surface area contributed by atoms with Gasteiger partial charge in [-0.25, -0.2) is 0 Å². The van der Waals surface area contributed by atoms with Crippen molar-refractivity contribution in [2.24, 2.45) is 0 Å². The molecule has 144 valence electrons. The van der Waals surface area contributed by atoms with Crippen LogP contribution in [0.1, 0.15) is 27.8 Å². The first-order chi connectivity index (χ1) is 12.9. The van der Waals surface area contributed by atoms with E-state index < -0.39 is 28.5 Å². The van der Waals surface area contributed by atoms with Crippen LogP contribution < -0.4 is 0 Å². The lowest BCUT2D eigenvalue weighted by Gasteiger charge is -2.45. The van der Waals surface area contributed by atoms with Crippen LogP contribution in [0.5, 0.6) is 0 Å². The number of ether oxygens (including phenoxy) is 1. The minimum Gasteiger partial charge on any atom is -0.395 e. The van der Waals surface area contributed by atoms with E-state index in [4.69, 9.17) is 4.74 Å². The zero-order valence-electron chi connectivity index (χ0n) is 15.1. The van der Waals surface area contributed by atoms with E-state index in [0.717, 1.165) is 23.1 Å². The quantitative estimate of drug-likeness (QED) is 0.637. The third-order valence-electron chi connectivity index (χ3n) is 5.47. The molecule has 0 bridgehead atoms. The molecule has 1 spiro atoms. The summed E-state index contributed by atoms with van der Waals surface area (Å²) in [5.41, 5.74) is 5.25. The highest BCUT2D eigenvalue weighted by molar-refractivity contribution is 8.00. The van der Waals surface area contributed by atoms with E-state index in [1.54, 1.807) is 0 Å². The zero-order valence-corrected chi connectivity index (χ0v) is 15.9. The van der Waals surface area contributed by atoms with Crippen LogP contribution in [0.25, 0.3) is 0 Å². The van der Waals surface area contributed by atoms with Crippen molar-refractivity contribution in [2.75, 3.05) is 6.61 Å². The second-order valence-corrected chi connectivity index (χ2v) is 8.82. The molecule has 4 rings (SSSR count). The van der Waals surface area contributed by atoms with Gasteiger partial charge in [0.15, 0.2) is 4.93 Å². The molecule has 0 amide bonds. The standard InChI is InChI=1S/C21H24O5S/c1-12-2-4-13(5-3-12)8-14-6-7-15-11-26-21(16(15)9-14)20(25)19(24)18(23)17(10-22)27-21/h2-7,9,17-20,22-25H,8,10-11H2,1H3/t17-,18-,19+,20-,21+/m1/s1. The van der Waals surface area contributed by atoms with Crippen molar-refractivity contribution in [1.29, 1.82) is 0 Å². The van der Waals surface area contributed by atoms with Crippen molar-refractivity contribution in [3.05, 3.63) is 70.3 Å². The highest BCUT2D eigenvalue weighted by Crippen LogP contribution is 2.54. The minimum absolute atomic E-state index is 0.306. The summed E-state index contributed by atoms with van der Waals surface area (Å²) in [5.74, 6) is 0. The monoisotopic (exact) mass is 388 g/mol. The maximum Gasteiger partial charge on any atom is 0.168 e. The fraction of sp³-hybridized carbons (Fsp3) is 0.429. The molecule has 2 aromatic rings. The van der Waals surface area contributed by atoms with Crippen LogP contribution in [0.15, 0.2) is 42.5 Å². The summed E-state index contributed by atoms with van der Waals surface area (Å²) in [4.78, 5) is -1.18. The molecule has 2 aliphatic rings. The fourth-order valence-corrected chi connectivity index (χ4v) is 5.42. The second kappa shape index (κ2) is 7.20. The summed E-state index contributed by atoms with van der Waals surface area (Å²) >= 11 is 1.19. The topological polar surface area (TPSA) is 90.2 Å². The van der Waals surface area contributed by atoms with Crippen molar-refractivity contribution in [3.63, 3.8) is 0 Å². The van der Waals surface area contributed by atoms with Crippen molar-refractivity contribution in [2.45, 2.75) is 48.4 Å². The van der Waals surface area contributed by atoms with E-state index in [1.807, 2.05) is 12.1 Å². The molecular formula is C21H24O5S. The lowest BCUT2D eigenvalue weighted by atomic mass is 9.91. The van der Waals surface area contributed by atoms with Gasteiger partial charge in [0.2, 0.25) is 0 Å². The molecule has 6 heteroatoms. The Kier molecular flexibility index (Phi) is 5.05. The van der Waals surface area contributed by atoms with E-state index in [-0.39, 0.29) is 6.61 Å². The highest BCUT2D eigenvalue weighted by atomic mass is 32.2. The van der Waals surface area contributed by atoms with Gasteiger partial charge in [-0.3, -0.25) is 0 Å². The first-order valence-corrected chi connectivity index (χ1v) is 9.97. The first-order valence-electron chi connectivity index (χ1n) is 9.09. The van der Waals surface area contributed by atoms with Crippen LogP contribution in [0.3, 0.4) is 0 Å². The van der Waals surface area contributed by atoms with Crippen molar-refractivity contribution < 1.29 is 25.2 Å². The van der Waals surface area contributed by atoms with Gasteiger partial charge in [-0.1, -0.05) is 48.0 Å². The van der Waals surface area contributed by atoms with E-state index in [2.05, 4.69) is 37.3 Å². The minimum atomic E-state index is -1.38. The van der Waals surface area contributed by atoms with Gasteiger partial charge in [0.1, 0.15) is 12.2 Å². The number of aliphatic hydroxyl groups is 4. The van der Waals surface area contributed by atoms with E-state index in [9.17, 15) is 20.4 Å². The molecule has 0 aliphatic carbocycles. The van der Waals surface area contributed by atoms with Crippen molar-refractivity contribution >= 4 is 11.8 Å². The lowest BCUT2D eigenvalue weighted by Crippen LogP contribution is -2.58. The predicted octanol–water partition coefficient (Wildman–Crippen LogP) is 1.46.